The summed E-state index contributed by atoms with van der Waals surface area (Å²) in [6.45, 7) is 2.37. The number of hydrogen-bond donors (Lipinski definition) is 0. The summed E-state index contributed by atoms with van der Waals surface area (Å²) in [4.78, 5) is 14.4. The van der Waals surface area contributed by atoms with E-state index in [1.54, 1.807) is 21.1 Å². The number of carbonyl (C=O) groups excluding carboxylic acids is 1. The number of morpholine rings is 1. The summed E-state index contributed by atoms with van der Waals surface area (Å²) in [5, 5.41) is 0. The lowest BCUT2D eigenvalue weighted by Gasteiger charge is -2.27. The number of nitrogens with zero attached hydrogens (tertiary/aromatic N) is 3. The third kappa shape index (κ3) is 3.16. The van der Waals surface area contributed by atoms with Gasteiger partial charge in [0.25, 0.3) is 0 Å². The summed E-state index contributed by atoms with van der Waals surface area (Å²) in [5.74, 6) is -3.59. The molecule has 5 nitrogen and oxygen atoms in total. The van der Waals surface area contributed by atoms with Crippen molar-refractivity contribution >= 4 is 18.1 Å². The van der Waals surface area contributed by atoms with Crippen molar-refractivity contribution < 1.29 is 22.7 Å². The minimum atomic E-state index is -1.16. The first-order chi connectivity index (χ1) is 13.4. The second-order valence-corrected chi connectivity index (χ2v) is 7.54. The quantitative estimate of drug-likeness (QED) is 0.576. The monoisotopic (exact) mass is 411 g/mol. The Hall–Kier alpha value is -2.13. The van der Waals surface area contributed by atoms with Crippen LogP contribution in [0.15, 0.2) is 12.1 Å². The van der Waals surface area contributed by atoms with E-state index in [-0.39, 0.29) is 24.4 Å². The summed E-state index contributed by atoms with van der Waals surface area (Å²) in [5.41, 5.74) is 1.26. The van der Waals surface area contributed by atoms with Gasteiger partial charge in [-0.05, 0) is 30.8 Å². The molecule has 1 aromatic carbocycles. The molecular weight excluding hydrogens is 391 g/mol. The highest BCUT2D eigenvalue weighted by atomic mass is 32.1. The Morgan fingerprint density at radius 3 is 2.61 bits per heavy atom. The van der Waals surface area contributed by atoms with Crippen LogP contribution in [0.2, 0.25) is 0 Å². The van der Waals surface area contributed by atoms with Crippen molar-refractivity contribution in [1.82, 2.24) is 14.0 Å². The van der Waals surface area contributed by atoms with Crippen molar-refractivity contribution in [2.24, 2.45) is 7.05 Å². The van der Waals surface area contributed by atoms with Gasteiger partial charge in [0.15, 0.2) is 16.4 Å². The first kappa shape index (κ1) is 19.2. The van der Waals surface area contributed by atoms with Crippen molar-refractivity contribution in [2.75, 3.05) is 26.3 Å². The van der Waals surface area contributed by atoms with Gasteiger partial charge in [0.1, 0.15) is 5.82 Å². The Bertz CT molecular complexity index is 995. The Kier molecular flexibility index (Phi) is 5.05. The van der Waals surface area contributed by atoms with E-state index < -0.39 is 23.4 Å². The maximum Gasteiger partial charge on any atom is 0.228 e. The van der Waals surface area contributed by atoms with Crippen molar-refractivity contribution in [3.05, 3.63) is 51.3 Å². The molecule has 3 heterocycles. The molecule has 2 aromatic rings. The first-order valence-electron chi connectivity index (χ1n) is 9.14. The van der Waals surface area contributed by atoms with Crippen LogP contribution in [0.5, 0.6) is 0 Å². The minimum Gasteiger partial charge on any atom is -0.378 e. The fraction of sp³-hybridized carbons (Fsp3) is 0.474. The fourth-order valence-electron chi connectivity index (χ4n) is 4.09. The van der Waals surface area contributed by atoms with Crippen LogP contribution in [-0.2, 0) is 36.0 Å². The lowest BCUT2D eigenvalue weighted by molar-refractivity contribution is -0.134. The highest BCUT2D eigenvalue weighted by molar-refractivity contribution is 7.71. The molecule has 2 aliphatic rings. The smallest absolute Gasteiger partial charge is 0.228 e. The molecule has 1 saturated heterocycles. The summed E-state index contributed by atoms with van der Waals surface area (Å²) in [6.07, 6.45) is 0.455. The molecule has 4 rings (SSSR count). The number of rotatable bonds is 3. The third-order valence-electron chi connectivity index (χ3n) is 5.59. The molecule has 1 fully saturated rings. The van der Waals surface area contributed by atoms with Crippen molar-refractivity contribution in [3.8, 4) is 0 Å². The Labute approximate surface area is 165 Å². The molecule has 0 radical (unpaired) electrons. The molecule has 0 N–H and O–H groups in total. The second-order valence-electron chi connectivity index (χ2n) is 7.17. The van der Waals surface area contributed by atoms with Gasteiger partial charge in [0.05, 0.1) is 19.6 Å². The van der Waals surface area contributed by atoms with Gasteiger partial charge in [-0.2, -0.15) is 0 Å². The highest BCUT2D eigenvalue weighted by Gasteiger charge is 2.33. The Morgan fingerprint density at radius 1 is 1.21 bits per heavy atom. The van der Waals surface area contributed by atoms with E-state index in [1.807, 2.05) is 0 Å². The summed E-state index contributed by atoms with van der Waals surface area (Å²) >= 11 is 5.46. The number of fused-ring (bicyclic) bond motifs is 1. The van der Waals surface area contributed by atoms with Gasteiger partial charge in [-0.3, -0.25) is 4.79 Å². The van der Waals surface area contributed by atoms with Crippen LogP contribution in [0.25, 0.3) is 0 Å². The molecule has 1 atom stereocenters. The number of benzene rings is 1. The van der Waals surface area contributed by atoms with Crippen LogP contribution in [0.1, 0.15) is 22.9 Å². The number of amides is 1. The third-order valence-corrected chi connectivity index (χ3v) is 6.09. The summed E-state index contributed by atoms with van der Waals surface area (Å²) in [7, 11) is 1.79. The van der Waals surface area contributed by atoms with Gasteiger partial charge >= 0.3 is 0 Å². The van der Waals surface area contributed by atoms with E-state index in [1.165, 1.54) is 0 Å². The lowest BCUT2D eigenvalue weighted by atomic mass is 9.95. The van der Waals surface area contributed by atoms with E-state index in [0.29, 0.717) is 37.5 Å². The van der Waals surface area contributed by atoms with E-state index in [0.717, 1.165) is 23.5 Å². The van der Waals surface area contributed by atoms with Gasteiger partial charge in [-0.1, -0.05) is 0 Å². The number of imidazole rings is 1. The maximum absolute atomic E-state index is 14.2. The Balaban J connectivity index is 1.63. The molecule has 2 aliphatic heterocycles. The molecule has 9 heteroatoms. The van der Waals surface area contributed by atoms with Gasteiger partial charge in [-0.15, -0.1) is 0 Å². The predicted molar refractivity (Wildman–Crippen MR) is 98.1 cm³/mol. The summed E-state index contributed by atoms with van der Waals surface area (Å²) < 4.78 is 51.4. The topological polar surface area (TPSA) is 39.4 Å². The van der Waals surface area contributed by atoms with Crippen LogP contribution in [0.3, 0.4) is 0 Å². The first-order valence-corrected chi connectivity index (χ1v) is 9.55. The van der Waals surface area contributed by atoms with Crippen LogP contribution in [0, 0.1) is 22.2 Å². The zero-order valence-electron chi connectivity index (χ0n) is 15.4. The van der Waals surface area contributed by atoms with Crippen molar-refractivity contribution in [1.29, 1.82) is 0 Å². The zero-order valence-corrected chi connectivity index (χ0v) is 16.2. The molecule has 0 spiro atoms. The normalized spacial score (nSPS) is 19.1. The van der Waals surface area contributed by atoms with Crippen LogP contribution in [0.4, 0.5) is 13.2 Å². The summed E-state index contributed by atoms with van der Waals surface area (Å²) in [6, 6.07) is 1.73. The molecule has 28 heavy (non-hydrogen) atoms. The molecule has 1 aromatic heterocycles. The molecule has 0 bridgehead atoms. The maximum atomic E-state index is 14.2. The molecule has 1 amide bonds. The van der Waals surface area contributed by atoms with Crippen molar-refractivity contribution in [3.63, 3.8) is 0 Å². The van der Waals surface area contributed by atoms with E-state index >= 15 is 0 Å². The largest absolute Gasteiger partial charge is 0.378 e. The average molecular weight is 411 g/mol. The van der Waals surface area contributed by atoms with Crippen LogP contribution in [-0.4, -0.2) is 46.2 Å². The number of halogens is 3. The number of ether oxygens (including phenoxy) is 1. The van der Waals surface area contributed by atoms with Gasteiger partial charge < -0.3 is 18.8 Å². The Morgan fingerprint density at radius 2 is 1.89 bits per heavy atom. The van der Waals surface area contributed by atoms with Crippen LogP contribution >= 0.6 is 12.2 Å². The van der Waals surface area contributed by atoms with Crippen LogP contribution < -0.4 is 0 Å². The molecular formula is C19H20F3N3O2S. The van der Waals surface area contributed by atoms with Gasteiger partial charge in [-0.25, -0.2) is 13.2 Å². The molecule has 0 aliphatic carbocycles. The van der Waals surface area contributed by atoms with E-state index in [9.17, 15) is 18.0 Å². The highest BCUT2D eigenvalue weighted by Crippen LogP contribution is 2.36. The minimum absolute atomic E-state index is 0.0335. The second kappa shape index (κ2) is 7.36. The fourth-order valence-corrected chi connectivity index (χ4v) is 4.39. The van der Waals surface area contributed by atoms with E-state index in [4.69, 9.17) is 17.0 Å². The lowest BCUT2D eigenvalue weighted by Crippen LogP contribution is -2.41. The van der Waals surface area contributed by atoms with Gasteiger partial charge in [0.2, 0.25) is 5.91 Å². The molecule has 0 saturated carbocycles. The molecule has 1 unspecified atom stereocenters. The number of aromatic nitrogens is 2. The standard InChI is InChI=1S/C19H20F3N3O2S/c1-23-14(9-16(26)24-4-6-27-7-5-24)15-8-11(10-25(15)19(23)28)17-12(20)2-3-13(21)18(17)22/h2-3,11H,4-10H2,1H3. The number of carbonyl (C=O) groups is 1. The number of hydrogen-bond acceptors (Lipinski definition) is 3. The van der Waals surface area contributed by atoms with E-state index in [2.05, 4.69) is 0 Å². The SMILES string of the molecule is Cn1c(CC(=O)N2CCOCC2)c2n(c1=S)CC(c1c(F)ccc(F)c1F)C2. The van der Waals surface area contributed by atoms with Crippen molar-refractivity contribution in [2.45, 2.75) is 25.3 Å². The molecule has 150 valence electrons. The average Bonchev–Trinajstić information content (AvgIpc) is 3.21. The predicted octanol–water partition coefficient (Wildman–Crippen LogP) is 2.71. The zero-order chi connectivity index (χ0) is 20.0. The van der Waals surface area contributed by atoms with Gasteiger partial charge in [0, 0.05) is 49.6 Å².